The third-order valence-electron chi connectivity index (χ3n) is 3.48. The number of aromatic nitrogens is 4. The molecule has 0 spiro atoms. The maximum atomic E-state index is 12.6. The van der Waals surface area contributed by atoms with Crippen molar-refractivity contribution < 1.29 is 19.2 Å². The van der Waals surface area contributed by atoms with Crippen LogP contribution < -0.4 is 5.32 Å². The number of amides is 1. The molecule has 3 rings (SSSR count). The molecule has 0 saturated carbocycles. The van der Waals surface area contributed by atoms with Gasteiger partial charge in [-0.1, -0.05) is 0 Å². The Balaban J connectivity index is 1.97. The van der Waals surface area contributed by atoms with E-state index in [4.69, 9.17) is 0 Å². The second-order valence-corrected chi connectivity index (χ2v) is 5.19. The van der Waals surface area contributed by atoms with E-state index in [2.05, 4.69) is 25.1 Å². The molecule has 27 heavy (non-hydrogen) atoms. The summed E-state index contributed by atoms with van der Waals surface area (Å²) in [6.07, 6.45) is 4.22. The Bertz CT molecular complexity index is 1020. The smallest absolute Gasteiger partial charge is 0.338 e. The second kappa shape index (κ2) is 7.39. The molecule has 1 amide bonds. The highest BCUT2D eigenvalue weighted by Gasteiger charge is 2.19. The summed E-state index contributed by atoms with van der Waals surface area (Å²) >= 11 is 0. The average Bonchev–Trinajstić information content (AvgIpc) is 3.22. The Morgan fingerprint density at radius 3 is 2.70 bits per heavy atom. The summed E-state index contributed by atoms with van der Waals surface area (Å²) in [5, 5.41) is 17.7. The number of nitro groups is 1. The average molecular weight is 368 g/mol. The molecule has 0 aliphatic carbocycles. The van der Waals surface area contributed by atoms with Crippen molar-refractivity contribution in [1.29, 1.82) is 0 Å². The summed E-state index contributed by atoms with van der Waals surface area (Å²) in [4.78, 5) is 42.7. The molecule has 1 N–H and O–H groups in total. The van der Waals surface area contributed by atoms with Crippen LogP contribution in [0.1, 0.15) is 20.7 Å². The van der Waals surface area contributed by atoms with Gasteiger partial charge in [0.2, 0.25) is 0 Å². The van der Waals surface area contributed by atoms with E-state index in [0.29, 0.717) is 11.5 Å². The molecule has 11 nitrogen and oxygen atoms in total. The number of esters is 1. The zero-order valence-corrected chi connectivity index (χ0v) is 13.9. The van der Waals surface area contributed by atoms with Gasteiger partial charge >= 0.3 is 5.97 Å². The largest absolute Gasteiger partial charge is 0.465 e. The van der Waals surface area contributed by atoms with Gasteiger partial charge in [0.15, 0.2) is 5.82 Å². The number of pyridine rings is 1. The summed E-state index contributed by atoms with van der Waals surface area (Å²) in [6.45, 7) is 0. The van der Waals surface area contributed by atoms with Gasteiger partial charge in [0, 0.05) is 23.9 Å². The van der Waals surface area contributed by atoms with Gasteiger partial charge in [-0.05, 0) is 18.2 Å². The van der Waals surface area contributed by atoms with E-state index in [0.717, 1.165) is 19.2 Å². The van der Waals surface area contributed by atoms with Crippen molar-refractivity contribution in [2.24, 2.45) is 0 Å². The normalized spacial score (nSPS) is 10.3. The van der Waals surface area contributed by atoms with Gasteiger partial charge in [0.05, 0.1) is 23.3 Å². The topological polar surface area (TPSA) is 142 Å². The summed E-state index contributed by atoms with van der Waals surface area (Å²) < 4.78 is 5.92. The highest BCUT2D eigenvalue weighted by molar-refractivity contribution is 6.07. The SMILES string of the molecule is COC(=O)c1cc(C(=O)Nc2cccnc2-n2cncn2)cc([N+](=O)[O-])c1. The van der Waals surface area contributed by atoms with E-state index < -0.39 is 22.5 Å². The summed E-state index contributed by atoms with van der Waals surface area (Å²) in [6, 6.07) is 6.49. The number of carbonyl (C=O) groups excluding carboxylic acids is 2. The Hall–Kier alpha value is -4.15. The number of benzene rings is 1. The Kier molecular flexibility index (Phi) is 4.84. The first-order chi connectivity index (χ1) is 13.0. The van der Waals surface area contributed by atoms with Crippen LogP contribution in [-0.4, -0.2) is 43.7 Å². The predicted octanol–water partition coefficient (Wildman–Crippen LogP) is 1.61. The number of nitrogens with zero attached hydrogens (tertiary/aromatic N) is 5. The number of nitrogens with one attached hydrogen (secondary N) is 1. The molecule has 0 unspecified atom stereocenters. The first-order valence-electron chi connectivity index (χ1n) is 7.48. The second-order valence-electron chi connectivity index (χ2n) is 5.19. The molecule has 3 aromatic rings. The third kappa shape index (κ3) is 3.76. The van der Waals surface area contributed by atoms with Gasteiger partial charge in [0.1, 0.15) is 12.7 Å². The summed E-state index contributed by atoms with van der Waals surface area (Å²) in [5.74, 6) is -1.15. The van der Waals surface area contributed by atoms with E-state index in [-0.39, 0.29) is 11.1 Å². The minimum absolute atomic E-state index is 0.0852. The van der Waals surface area contributed by atoms with Gasteiger partial charge in [0.25, 0.3) is 11.6 Å². The first-order valence-corrected chi connectivity index (χ1v) is 7.48. The van der Waals surface area contributed by atoms with Crippen molar-refractivity contribution >= 4 is 23.3 Å². The van der Waals surface area contributed by atoms with Crippen LogP contribution in [0.2, 0.25) is 0 Å². The van der Waals surface area contributed by atoms with E-state index in [1.807, 2.05) is 0 Å². The van der Waals surface area contributed by atoms with E-state index >= 15 is 0 Å². The zero-order chi connectivity index (χ0) is 19.4. The number of non-ortho nitro benzene ring substituents is 1. The van der Waals surface area contributed by atoms with E-state index in [1.165, 1.54) is 29.6 Å². The number of ether oxygens (including phenoxy) is 1. The van der Waals surface area contributed by atoms with Crippen LogP contribution in [0.3, 0.4) is 0 Å². The van der Waals surface area contributed by atoms with E-state index in [9.17, 15) is 19.7 Å². The molecule has 0 fully saturated rings. The van der Waals surface area contributed by atoms with Gasteiger partial charge in [-0.25, -0.2) is 19.4 Å². The Morgan fingerprint density at radius 2 is 2.04 bits per heavy atom. The van der Waals surface area contributed by atoms with Crippen LogP contribution in [0, 0.1) is 10.1 Å². The highest BCUT2D eigenvalue weighted by atomic mass is 16.6. The molecule has 2 heterocycles. The fourth-order valence-corrected chi connectivity index (χ4v) is 2.27. The van der Waals surface area contributed by atoms with Crippen molar-refractivity contribution in [2.75, 3.05) is 12.4 Å². The molecular formula is C16H12N6O5. The van der Waals surface area contributed by atoms with Crippen molar-refractivity contribution in [1.82, 2.24) is 19.7 Å². The lowest BCUT2D eigenvalue weighted by Gasteiger charge is -2.10. The van der Waals surface area contributed by atoms with Crippen LogP contribution in [0.5, 0.6) is 0 Å². The quantitative estimate of drug-likeness (QED) is 0.406. The van der Waals surface area contributed by atoms with Crippen LogP contribution >= 0.6 is 0 Å². The minimum atomic E-state index is -0.794. The molecule has 1 aromatic carbocycles. The van der Waals surface area contributed by atoms with Crippen molar-refractivity contribution in [3.05, 3.63) is 70.4 Å². The maximum Gasteiger partial charge on any atom is 0.338 e. The van der Waals surface area contributed by atoms with Crippen LogP contribution in [0.15, 0.2) is 49.2 Å². The molecule has 0 aliphatic rings. The van der Waals surface area contributed by atoms with Gasteiger partial charge in [-0.15, -0.1) is 0 Å². The zero-order valence-electron chi connectivity index (χ0n) is 13.9. The van der Waals surface area contributed by atoms with Crippen molar-refractivity contribution in [3.8, 4) is 5.82 Å². The molecule has 136 valence electrons. The monoisotopic (exact) mass is 368 g/mol. The Morgan fingerprint density at radius 1 is 1.26 bits per heavy atom. The first kappa shape index (κ1) is 17.7. The lowest BCUT2D eigenvalue weighted by atomic mass is 10.1. The number of methoxy groups -OCH3 is 1. The van der Waals surface area contributed by atoms with Gasteiger partial charge < -0.3 is 10.1 Å². The molecule has 0 atom stereocenters. The number of rotatable bonds is 5. The molecule has 11 heteroatoms. The molecule has 2 aromatic heterocycles. The number of carbonyl (C=O) groups is 2. The highest BCUT2D eigenvalue weighted by Crippen LogP contribution is 2.21. The van der Waals surface area contributed by atoms with E-state index in [1.54, 1.807) is 12.1 Å². The number of hydrogen-bond acceptors (Lipinski definition) is 8. The molecular weight excluding hydrogens is 356 g/mol. The lowest BCUT2D eigenvalue weighted by Crippen LogP contribution is -2.16. The van der Waals surface area contributed by atoms with Crippen molar-refractivity contribution in [3.63, 3.8) is 0 Å². The summed E-state index contributed by atoms with van der Waals surface area (Å²) in [5.41, 5.74) is -0.303. The standard InChI is InChI=1S/C16H12N6O5/c1-27-16(24)11-5-10(6-12(7-11)22(25)26)15(23)20-13-3-2-4-18-14(13)21-9-17-8-19-21/h2-9H,1H3,(H,20,23). The maximum absolute atomic E-state index is 12.6. The number of hydrogen-bond donors (Lipinski definition) is 1. The molecule has 0 radical (unpaired) electrons. The van der Waals surface area contributed by atoms with Gasteiger partial charge in [-0.2, -0.15) is 5.10 Å². The molecule has 0 saturated heterocycles. The van der Waals surface area contributed by atoms with Crippen molar-refractivity contribution in [2.45, 2.75) is 0 Å². The third-order valence-corrected chi connectivity index (χ3v) is 3.48. The fraction of sp³-hybridized carbons (Fsp3) is 0.0625. The predicted molar refractivity (Wildman–Crippen MR) is 91.5 cm³/mol. The van der Waals surface area contributed by atoms with Crippen LogP contribution in [0.4, 0.5) is 11.4 Å². The summed E-state index contributed by atoms with van der Waals surface area (Å²) in [7, 11) is 1.14. The van der Waals surface area contributed by atoms with Crippen LogP contribution in [0.25, 0.3) is 5.82 Å². The lowest BCUT2D eigenvalue weighted by molar-refractivity contribution is -0.384. The Labute approximate surface area is 151 Å². The minimum Gasteiger partial charge on any atom is -0.465 e. The number of nitro benzene ring substituents is 1. The van der Waals surface area contributed by atoms with Crippen LogP contribution in [-0.2, 0) is 4.74 Å². The molecule has 0 bridgehead atoms. The molecule has 0 aliphatic heterocycles. The fourth-order valence-electron chi connectivity index (χ4n) is 2.27. The number of anilines is 1. The van der Waals surface area contributed by atoms with Gasteiger partial charge in [-0.3, -0.25) is 14.9 Å².